The van der Waals surface area contributed by atoms with Crippen LogP contribution in [0.5, 0.6) is 5.75 Å². The molecule has 1 atom stereocenters. The van der Waals surface area contributed by atoms with Crippen LogP contribution in [0.2, 0.25) is 0 Å². The Bertz CT molecular complexity index is 1050. The monoisotopic (exact) mass is 439 g/mol. The lowest BCUT2D eigenvalue weighted by Gasteiger charge is -2.15. The fourth-order valence-electron chi connectivity index (χ4n) is 2.76. The SMILES string of the molecule is C=CCn1c(SCC(=O)Nc2ccc([N+](=O)[O-])cc2)nnc1C(C)Oc1ccccc1. The van der Waals surface area contributed by atoms with Crippen LogP contribution < -0.4 is 10.1 Å². The Morgan fingerprint density at radius 1 is 1.26 bits per heavy atom. The molecule has 0 saturated carbocycles. The zero-order chi connectivity index (χ0) is 22.2. The zero-order valence-corrected chi connectivity index (χ0v) is 17.6. The molecule has 0 saturated heterocycles. The fraction of sp³-hybridized carbons (Fsp3) is 0.190. The van der Waals surface area contributed by atoms with Gasteiger partial charge in [-0.25, -0.2) is 0 Å². The van der Waals surface area contributed by atoms with Gasteiger partial charge in [-0.05, 0) is 31.2 Å². The first kappa shape index (κ1) is 22.0. The summed E-state index contributed by atoms with van der Waals surface area (Å²) in [5.41, 5.74) is 0.443. The number of nitrogens with one attached hydrogen (secondary N) is 1. The van der Waals surface area contributed by atoms with Crippen LogP contribution in [0.3, 0.4) is 0 Å². The molecule has 1 N–H and O–H groups in total. The van der Waals surface area contributed by atoms with Crippen molar-refractivity contribution >= 4 is 29.0 Å². The van der Waals surface area contributed by atoms with Crippen molar-refractivity contribution in [3.63, 3.8) is 0 Å². The average molecular weight is 439 g/mol. The number of aromatic nitrogens is 3. The number of amides is 1. The van der Waals surface area contributed by atoms with Gasteiger partial charge in [-0.1, -0.05) is 36.0 Å². The molecular formula is C21H21N5O4S. The molecule has 31 heavy (non-hydrogen) atoms. The van der Waals surface area contributed by atoms with Gasteiger partial charge in [-0.15, -0.1) is 16.8 Å². The number of carbonyl (C=O) groups is 1. The first-order chi connectivity index (χ1) is 15.0. The standard InChI is InChI=1S/C21H21N5O4S/c1-3-13-25-20(15(2)30-18-7-5-4-6-8-18)23-24-21(25)31-14-19(27)22-16-9-11-17(12-10-16)26(28)29/h3-12,15H,1,13-14H2,2H3,(H,22,27). The quantitative estimate of drug-likeness (QED) is 0.218. The summed E-state index contributed by atoms with van der Waals surface area (Å²) in [5.74, 6) is 1.18. The number of nitro groups is 1. The summed E-state index contributed by atoms with van der Waals surface area (Å²) in [7, 11) is 0. The van der Waals surface area contributed by atoms with Gasteiger partial charge < -0.3 is 10.1 Å². The summed E-state index contributed by atoms with van der Waals surface area (Å²) in [5, 5.41) is 22.4. The van der Waals surface area contributed by atoms with E-state index in [1.807, 2.05) is 41.8 Å². The second-order valence-corrected chi connectivity index (χ2v) is 7.40. The van der Waals surface area contributed by atoms with Crippen LogP contribution in [0.1, 0.15) is 18.9 Å². The summed E-state index contributed by atoms with van der Waals surface area (Å²) in [4.78, 5) is 22.5. The van der Waals surface area contributed by atoms with Gasteiger partial charge in [0, 0.05) is 24.4 Å². The van der Waals surface area contributed by atoms with E-state index in [1.54, 1.807) is 6.08 Å². The summed E-state index contributed by atoms with van der Waals surface area (Å²) in [6.45, 7) is 6.13. The van der Waals surface area contributed by atoms with Gasteiger partial charge in [0.2, 0.25) is 5.91 Å². The van der Waals surface area contributed by atoms with Gasteiger partial charge in [-0.2, -0.15) is 0 Å². The topological polar surface area (TPSA) is 112 Å². The summed E-state index contributed by atoms with van der Waals surface area (Å²) >= 11 is 1.23. The van der Waals surface area contributed by atoms with Crippen LogP contribution >= 0.6 is 11.8 Å². The van der Waals surface area contributed by atoms with Crippen LogP contribution in [-0.2, 0) is 11.3 Å². The van der Waals surface area contributed by atoms with Crippen molar-refractivity contribution in [3.05, 3.63) is 83.2 Å². The number of allylic oxidation sites excluding steroid dienone is 1. The summed E-state index contributed by atoms with van der Waals surface area (Å²) in [6, 6.07) is 15.1. The number of hydrogen-bond acceptors (Lipinski definition) is 7. The molecule has 2 aromatic carbocycles. The molecule has 160 valence electrons. The predicted molar refractivity (Wildman–Crippen MR) is 118 cm³/mol. The number of ether oxygens (including phenoxy) is 1. The highest BCUT2D eigenvalue weighted by atomic mass is 32.2. The highest BCUT2D eigenvalue weighted by molar-refractivity contribution is 7.99. The number of hydrogen-bond donors (Lipinski definition) is 1. The van der Waals surface area contributed by atoms with Gasteiger partial charge in [0.05, 0.1) is 10.7 Å². The third-order valence-corrected chi connectivity index (χ3v) is 5.14. The third kappa shape index (κ3) is 5.92. The number of nitrogens with zero attached hydrogens (tertiary/aromatic N) is 4. The molecule has 1 heterocycles. The smallest absolute Gasteiger partial charge is 0.269 e. The molecule has 0 radical (unpaired) electrons. The Hall–Kier alpha value is -3.66. The van der Waals surface area contributed by atoms with E-state index < -0.39 is 4.92 Å². The highest BCUT2D eigenvalue weighted by Gasteiger charge is 2.20. The Morgan fingerprint density at radius 2 is 1.97 bits per heavy atom. The number of para-hydroxylation sites is 1. The molecule has 1 aromatic heterocycles. The maximum Gasteiger partial charge on any atom is 0.269 e. The number of non-ortho nitro benzene ring substituents is 1. The van der Waals surface area contributed by atoms with Crippen LogP contribution in [0.25, 0.3) is 0 Å². The Morgan fingerprint density at radius 3 is 2.61 bits per heavy atom. The van der Waals surface area contributed by atoms with Crippen molar-refractivity contribution < 1.29 is 14.5 Å². The third-order valence-electron chi connectivity index (χ3n) is 4.17. The normalized spacial score (nSPS) is 11.5. The molecule has 1 unspecified atom stereocenters. The number of nitro benzene ring substituents is 1. The largest absolute Gasteiger partial charge is 0.483 e. The lowest BCUT2D eigenvalue weighted by Crippen LogP contribution is -2.15. The number of thioether (sulfide) groups is 1. The second kappa shape index (κ2) is 10.4. The Labute approximate surface area is 183 Å². The van der Waals surface area contributed by atoms with Crippen LogP contribution in [-0.4, -0.2) is 31.3 Å². The zero-order valence-electron chi connectivity index (χ0n) is 16.8. The van der Waals surface area contributed by atoms with Crippen LogP contribution in [0.15, 0.2) is 72.4 Å². The highest BCUT2D eigenvalue weighted by Crippen LogP contribution is 2.25. The minimum absolute atomic E-state index is 0.0377. The molecule has 0 aliphatic heterocycles. The van der Waals surface area contributed by atoms with Crippen molar-refractivity contribution in [1.29, 1.82) is 0 Å². The average Bonchev–Trinajstić information content (AvgIpc) is 3.16. The maximum absolute atomic E-state index is 12.3. The second-order valence-electron chi connectivity index (χ2n) is 6.45. The first-order valence-corrected chi connectivity index (χ1v) is 10.4. The van der Waals surface area contributed by atoms with E-state index in [-0.39, 0.29) is 23.5 Å². The Kier molecular flexibility index (Phi) is 7.39. The van der Waals surface area contributed by atoms with Crippen LogP contribution in [0.4, 0.5) is 11.4 Å². The summed E-state index contributed by atoms with van der Waals surface area (Å²) < 4.78 is 7.79. The van der Waals surface area contributed by atoms with Crippen LogP contribution in [0, 0.1) is 10.1 Å². The molecule has 3 aromatic rings. The molecule has 3 rings (SSSR count). The van der Waals surface area contributed by atoms with Crippen molar-refractivity contribution in [3.8, 4) is 5.75 Å². The van der Waals surface area contributed by atoms with E-state index in [2.05, 4.69) is 22.1 Å². The van der Waals surface area contributed by atoms with Gasteiger partial charge >= 0.3 is 0 Å². The number of anilines is 1. The van der Waals surface area contributed by atoms with Crippen molar-refractivity contribution in [2.24, 2.45) is 0 Å². The van der Waals surface area contributed by atoms with Gasteiger partial charge in [0.1, 0.15) is 5.75 Å². The molecule has 0 aliphatic carbocycles. The van der Waals surface area contributed by atoms with Crippen molar-refractivity contribution in [2.45, 2.75) is 24.7 Å². The number of benzene rings is 2. The predicted octanol–water partition coefficient (Wildman–Crippen LogP) is 4.24. The summed E-state index contributed by atoms with van der Waals surface area (Å²) in [6.07, 6.45) is 1.38. The maximum atomic E-state index is 12.3. The molecule has 10 heteroatoms. The lowest BCUT2D eigenvalue weighted by molar-refractivity contribution is -0.384. The molecule has 9 nitrogen and oxygen atoms in total. The molecule has 1 amide bonds. The molecule has 0 aliphatic rings. The molecule has 0 spiro atoms. The minimum Gasteiger partial charge on any atom is -0.483 e. The first-order valence-electron chi connectivity index (χ1n) is 9.40. The van der Waals surface area contributed by atoms with Gasteiger partial charge in [0.25, 0.3) is 5.69 Å². The van der Waals surface area contributed by atoms with Crippen molar-refractivity contribution in [2.75, 3.05) is 11.1 Å². The van der Waals surface area contributed by atoms with E-state index in [9.17, 15) is 14.9 Å². The minimum atomic E-state index is -0.492. The van der Waals surface area contributed by atoms with E-state index in [4.69, 9.17) is 4.74 Å². The molecule has 0 fully saturated rings. The Balaban J connectivity index is 1.63. The van der Waals surface area contributed by atoms with E-state index >= 15 is 0 Å². The molecular weight excluding hydrogens is 418 g/mol. The van der Waals surface area contributed by atoms with E-state index in [0.717, 1.165) is 5.75 Å². The number of rotatable bonds is 10. The molecule has 0 bridgehead atoms. The lowest BCUT2D eigenvalue weighted by atomic mass is 10.3. The van der Waals surface area contributed by atoms with E-state index in [1.165, 1.54) is 36.0 Å². The van der Waals surface area contributed by atoms with Gasteiger partial charge in [-0.3, -0.25) is 19.5 Å². The number of carbonyl (C=O) groups excluding carboxylic acids is 1. The fourth-order valence-corrected chi connectivity index (χ4v) is 3.51. The van der Waals surface area contributed by atoms with E-state index in [0.29, 0.717) is 23.2 Å². The van der Waals surface area contributed by atoms with Gasteiger partial charge in [0.15, 0.2) is 17.1 Å². The van der Waals surface area contributed by atoms with Crippen molar-refractivity contribution in [1.82, 2.24) is 14.8 Å².